The van der Waals surface area contributed by atoms with Gasteiger partial charge in [-0.2, -0.15) is 0 Å². The summed E-state index contributed by atoms with van der Waals surface area (Å²) < 4.78 is 1.69. The van der Waals surface area contributed by atoms with Gasteiger partial charge in [-0.25, -0.2) is 0 Å². The molecule has 0 spiro atoms. The van der Waals surface area contributed by atoms with E-state index in [0.717, 1.165) is 20.0 Å². The summed E-state index contributed by atoms with van der Waals surface area (Å²) in [6.45, 7) is 7.03. The summed E-state index contributed by atoms with van der Waals surface area (Å²) in [4.78, 5) is 25.1. The lowest BCUT2D eigenvalue weighted by atomic mass is 9.96. The van der Waals surface area contributed by atoms with Crippen LogP contribution in [0.5, 0.6) is 0 Å². The van der Waals surface area contributed by atoms with Gasteiger partial charge in [-0.15, -0.1) is 10.2 Å². The zero-order valence-corrected chi connectivity index (χ0v) is 15.4. The number of aromatic nitrogens is 2. The molecular weight excluding hydrogens is 352 g/mol. The summed E-state index contributed by atoms with van der Waals surface area (Å²) in [5.41, 5.74) is 6.39. The highest BCUT2D eigenvalue weighted by Gasteiger charge is 2.25. The Morgan fingerprint density at radius 3 is 2.35 bits per heavy atom. The molecule has 0 aromatic carbocycles. The molecule has 1 fully saturated rings. The van der Waals surface area contributed by atoms with Crippen LogP contribution < -0.4 is 5.73 Å². The first kappa shape index (κ1) is 18.3. The fraction of sp³-hybridized carbons (Fsp3) is 0.571. The molecule has 0 unspecified atom stereocenters. The lowest BCUT2D eigenvalue weighted by molar-refractivity contribution is -0.132. The Morgan fingerprint density at radius 2 is 1.83 bits per heavy atom. The first-order chi connectivity index (χ1) is 11.0. The molecule has 23 heavy (non-hydrogen) atoms. The largest absolute Gasteiger partial charge is 0.369 e. The molecule has 1 aliphatic rings. The number of likely N-dealkylation sites (tertiary alicyclic amines) is 1. The fourth-order valence-electron chi connectivity index (χ4n) is 2.13. The summed E-state index contributed by atoms with van der Waals surface area (Å²) in [5, 5.41) is 8.20. The van der Waals surface area contributed by atoms with Gasteiger partial charge in [0.1, 0.15) is 0 Å². The van der Waals surface area contributed by atoms with E-state index in [0.29, 0.717) is 31.7 Å². The highest BCUT2D eigenvalue weighted by molar-refractivity contribution is 8.03. The number of amides is 2. The summed E-state index contributed by atoms with van der Waals surface area (Å²) in [6, 6.07) is 0. The summed E-state index contributed by atoms with van der Waals surface area (Å²) >= 11 is 4.52. The number of nitrogens with zero attached hydrogens (tertiary/aromatic N) is 3. The van der Waals surface area contributed by atoms with Gasteiger partial charge in [0.15, 0.2) is 8.68 Å². The number of hydrogen-bond acceptors (Lipinski definition) is 7. The van der Waals surface area contributed by atoms with Crippen molar-refractivity contribution in [2.45, 2.75) is 28.4 Å². The van der Waals surface area contributed by atoms with Crippen molar-refractivity contribution < 1.29 is 9.59 Å². The summed E-state index contributed by atoms with van der Waals surface area (Å²) in [7, 11) is 0. The molecule has 9 heteroatoms. The van der Waals surface area contributed by atoms with Crippen molar-refractivity contribution >= 4 is 46.7 Å². The second-order valence-electron chi connectivity index (χ2n) is 5.43. The maximum Gasteiger partial charge on any atom is 0.233 e. The minimum atomic E-state index is -0.264. The van der Waals surface area contributed by atoms with Gasteiger partial charge in [-0.1, -0.05) is 47.0 Å². The highest BCUT2D eigenvalue weighted by Crippen LogP contribution is 2.30. The molecule has 2 heterocycles. The van der Waals surface area contributed by atoms with Crippen molar-refractivity contribution in [3.63, 3.8) is 0 Å². The Labute approximate surface area is 148 Å². The molecule has 2 N–H and O–H groups in total. The SMILES string of the molecule is C=C(C)CSc1nnc(SCC(=O)N2CCC(C(N)=O)CC2)s1. The van der Waals surface area contributed by atoms with Crippen LogP contribution in [0.25, 0.3) is 0 Å². The number of hydrogen-bond donors (Lipinski definition) is 1. The molecular formula is C14H20N4O2S3. The van der Waals surface area contributed by atoms with Gasteiger partial charge < -0.3 is 10.6 Å². The van der Waals surface area contributed by atoms with Gasteiger partial charge in [0.25, 0.3) is 0 Å². The van der Waals surface area contributed by atoms with Crippen LogP contribution in [0.1, 0.15) is 19.8 Å². The molecule has 1 aromatic rings. The quantitative estimate of drug-likeness (QED) is 0.582. The maximum absolute atomic E-state index is 12.2. The van der Waals surface area contributed by atoms with E-state index in [4.69, 9.17) is 5.73 Å². The predicted octanol–water partition coefficient (Wildman–Crippen LogP) is 2.02. The predicted molar refractivity (Wildman–Crippen MR) is 94.7 cm³/mol. The van der Waals surface area contributed by atoms with Crippen molar-refractivity contribution in [2.75, 3.05) is 24.6 Å². The number of piperidine rings is 1. The van der Waals surface area contributed by atoms with Gasteiger partial charge in [-0.05, 0) is 19.8 Å². The first-order valence-electron chi connectivity index (χ1n) is 7.26. The standard InChI is InChI=1S/C14H20N4O2S3/c1-9(2)7-21-13-16-17-14(23-13)22-8-11(19)18-5-3-10(4-6-18)12(15)20/h10H,1,3-8H2,2H3,(H2,15,20). The molecule has 6 nitrogen and oxygen atoms in total. The van der Waals surface area contributed by atoms with Crippen LogP contribution in [0.4, 0.5) is 0 Å². The molecule has 1 aromatic heterocycles. The van der Waals surface area contributed by atoms with Gasteiger partial charge in [0.2, 0.25) is 11.8 Å². The lowest BCUT2D eigenvalue weighted by Gasteiger charge is -2.30. The molecule has 0 aliphatic carbocycles. The monoisotopic (exact) mass is 372 g/mol. The molecule has 0 atom stereocenters. The second-order valence-corrected chi connectivity index (χ2v) is 8.85. The molecule has 0 bridgehead atoms. The van der Waals surface area contributed by atoms with Crippen molar-refractivity contribution in [1.29, 1.82) is 0 Å². The van der Waals surface area contributed by atoms with Crippen LogP contribution >= 0.6 is 34.9 Å². The third-order valence-electron chi connectivity index (χ3n) is 3.40. The number of nitrogens with two attached hydrogens (primary N) is 1. The van der Waals surface area contributed by atoms with Crippen molar-refractivity contribution in [3.8, 4) is 0 Å². The average molecular weight is 373 g/mol. The van der Waals surface area contributed by atoms with Gasteiger partial charge in [-0.3, -0.25) is 9.59 Å². The topological polar surface area (TPSA) is 89.2 Å². The maximum atomic E-state index is 12.2. The summed E-state index contributed by atoms with van der Waals surface area (Å²) in [5.74, 6) is 0.890. The Morgan fingerprint density at radius 1 is 1.26 bits per heavy atom. The third kappa shape index (κ3) is 5.82. The number of carbonyl (C=O) groups is 2. The molecule has 126 valence electrons. The fourth-order valence-corrected chi connectivity index (χ4v) is 4.89. The molecule has 1 aliphatic heterocycles. The zero-order chi connectivity index (χ0) is 16.8. The number of rotatable bonds is 7. The van der Waals surface area contributed by atoms with E-state index in [2.05, 4.69) is 16.8 Å². The van der Waals surface area contributed by atoms with Crippen LogP contribution in [-0.4, -0.2) is 51.5 Å². The van der Waals surface area contributed by atoms with Crippen LogP contribution in [0.2, 0.25) is 0 Å². The van der Waals surface area contributed by atoms with Crippen LogP contribution in [0.3, 0.4) is 0 Å². The van der Waals surface area contributed by atoms with E-state index in [1.165, 1.54) is 23.1 Å². The normalized spacial score (nSPS) is 15.6. The lowest BCUT2D eigenvalue weighted by Crippen LogP contribution is -2.42. The Hall–Kier alpha value is -1.06. The number of carbonyl (C=O) groups excluding carboxylic acids is 2. The van der Waals surface area contributed by atoms with Crippen molar-refractivity contribution in [3.05, 3.63) is 12.2 Å². The Bertz CT molecular complexity index is 582. The number of thioether (sulfide) groups is 2. The molecule has 2 amide bonds. The smallest absolute Gasteiger partial charge is 0.233 e. The van der Waals surface area contributed by atoms with Crippen molar-refractivity contribution in [2.24, 2.45) is 11.7 Å². The summed E-state index contributed by atoms with van der Waals surface area (Å²) in [6.07, 6.45) is 1.32. The average Bonchev–Trinajstić information content (AvgIpc) is 2.98. The van der Waals surface area contributed by atoms with Gasteiger partial charge in [0, 0.05) is 24.8 Å². The van der Waals surface area contributed by atoms with E-state index in [-0.39, 0.29) is 17.7 Å². The molecule has 2 rings (SSSR count). The highest BCUT2D eigenvalue weighted by atomic mass is 32.2. The van der Waals surface area contributed by atoms with Gasteiger partial charge in [0.05, 0.1) is 5.75 Å². The molecule has 0 radical (unpaired) electrons. The third-order valence-corrected chi connectivity index (χ3v) is 6.80. The number of primary amides is 1. The zero-order valence-electron chi connectivity index (χ0n) is 13.0. The molecule has 1 saturated heterocycles. The van der Waals surface area contributed by atoms with Crippen LogP contribution in [0, 0.1) is 5.92 Å². The van der Waals surface area contributed by atoms with Crippen LogP contribution in [-0.2, 0) is 9.59 Å². The van der Waals surface area contributed by atoms with E-state index >= 15 is 0 Å². The minimum absolute atomic E-state index is 0.0734. The Kier molecular flexibility index (Phi) is 6.91. The van der Waals surface area contributed by atoms with E-state index in [1.807, 2.05) is 6.92 Å². The minimum Gasteiger partial charge on any atom is -0.369 e. The van der Waals surface area contributed by atoms with Crippen LogP contribution in [0.15, 0.2) is 20.8 Å². The Balaban J connectivity index is 1.74. The van der Waals surface area contributed by atoms with Gasteiger partial charge >= 0.3 is 0 Å². The van der Waals surface area contributed by atoms with E-state index in [1.54, 1.807) is 16.7 Å². The molecule has 0 saturated carbocycles. The second kappa shape index (κ2) is 8.70. The van der Waals surface area contributed by atoms with Crippen molar-refractivity contribution in [1.82, 2.24) is 15.1 Å². The van der Waals surface area contributed by atoms with E-state index in [9.17, 15) is 9.59 Å². The van der Waals surface area contributed by atoms with E-state index < -0.39 is 0 Å². The first-order valence-corrected chi connectivity index (χ1v) is 10.0.